The van der Waals surface area contributed by atoms with Gasteiger partial charge in [-0.2, -0.15) is 0 Å². The summed E-state index contributed by atoms with van der Waals surface area (Å²) >= 11 is 0. The molecule has 0 spiro atoms. The molecule has 21 heavy (non-hydrogen) atoms. The summed E-state index contributed by atoms with van der Waals surface area (Å²) < 4.78 is 0. The van der Waals surface area contributed by atoms with Crippen molar-refractivity contribution < 1.29 is 0 Å². The number of hydrogen-bond donors (Lipinski definition) is 1. The topological polar surface area (TPSA) is 15.3 Å². The molecule has 0 amide bonds. The van der Waals surface area contributed by atoms with Crippen LogP contribution in [0.2, 0.25) is 0 Å². The minimum absolute atomic E-state index is 0.502. The second kappa shape index (κ2) is 5.90. The second-order valence-electron chi connectivity index (χ2n) is 6.23. The van der Waals surface area contributed by atoms with Crippen LogP contribution < -0.4 is 10.2 Å². The zero-order chi connectivity index (χ0) is 14.8. The van der Waals surface area contributed by atoms with Gasteiger partial charge in [-0.25, -0.2) is 0 Å². The molecule has 3 rings (SSSR count). The maximum atomic E-state index is 3.61. The number of para-hydroxylation sites is 1. The van der Waals surface area contributed by atoms with Crippen LogP contribution in [0.1, 0.15) is 29.2 Å². The zero-order valence-electron chi connectivity index (χ0n) is 13.2. The highest BCUT2D eigenvalue weighted by molar-refractivity contribution is 5.60. The molecule has 0 aliphatic carbocycles. The largest absolute Gasteiger partial charge is 0.365 e. The zero-order valence-corrected chi connectivity index (χ0v) is 13.2. The first kappa shape index (κ1) is 14.2. The molecule has 1 aliphatic heterocycles. The Morgan fingerprint density at radius 2 is 1.86 bits per heavy atom. The van der Waals surface area contributed by atoms with Crippen molar-refractivity contribution >= 4 is 5.69 Å². The maximum absolute atomic E-state index is 3.61. The minimum Gasteiger partial charge on any atom is -0.365 e. The molecule has 0 radical (unpaired) electrons. The average molecular weight is 280 g/mol. The Bertz CT molecular complexity index is 616. The number of rotatable bonds is 2. The van der Waals surface area contributed by atoms with Crippen LogP contribution in [0, 0.1) is 13.8 Å². The molecule has 110 valence electrons. The predicted octanol–water partition coefficient (Wildman–Crippen LogP) is 3.80. The van der Waals surface area contributed by atoms with Gasteiger partial charge in [-0.05, 0) is 37.5 Å². The van der Waals surface area contributed by atoms with E-state index < -0.39 is 0 Å². The van der Waals surface area contributed by atoms with Gasteiger partial charge in [-0.1, -0.05) is 48.0 Å². The lowest BCUT2D eigenvalue weighted by Crippen LogP contribution is -2.35. The van der Waals surface area contributed by atoms with Gasteiger partial charge < -0.3 is 10.2 Å². The van der Waals surface area contributed by atoms with Crippen molar-refractivity contribution in [3.8, 4) is 0 Å². The Kier molecular flexibility index (Phi) is 3.98. The summed E-state index contributed by atoms with van der Waals surface area (Å²) in [7, 11) is 0. The van der Waals surface area contributed by atoms with Crippen molar-refractivity contribution in [2.45, 2.75) is 39.9 Å². The molecule has 0 saturated carbocycles. The summed E-state index contributed by atoms with van der Waals surface area (Å²) in [4.78, 5) is 2.53. The van der Waals surface area contributed by atoms with Gasteiger partial charge in [0.2, 0.25) is 0 Å². The fraction of sp³-hybridized carbons (Fsp3) is 0.368. The number of fused-ring (bicyclic) bond motifs is 1. The maximum Gasteiger partial charge on any atom is 0.0445 e. The summed E-state index contributed by atoms with van der Waals surface area (Å²) in [6.07, 6.45) is 0. The first-order valence-corrected chi connectivity index (χ1v) is 7.76. The van der Waals surface area contributed by atoms with Gasteiger partial charge in [0.25, 0.3) is 0 Å². The first-order valence-electron chi connectivity index (χ1n) is 7.76. The van der Waals surface area contributed by atoms with Gasteiger partial charge in [-0.15, -0.1) is 0 Å². The highest BCUT2D eigenvalue weighted by Crippen LogP contribution is 2.29. The fourth-order valence-corrected chi connectivity index (χ4v) is 3.14. The molecular weight excluding hydrogens is 256 g/mol. The van der Waals surface area contributed by atoms with Gasteiger partial charge in [0.05, 0.1) is 0 Å². The highest BCUT2D eigenvalue weighted by Gasteiger charge is 2.20. The molecule has 2 aromatic rings. The van der Waals surface area contributed by atoms with Crippen LogP contribution in [0.4, 0.5) is 5.69 Å². The van der Waals surface area contributed by atoms with Crippen LogP contribution in [0.25, 0.3) is 0 Å². The van der Waals surface area contributed by atoms with Crippen molar-refractivity contribution in [3.05, 3.63) is 64.7 Å². The molecule has 0 aromatic heterocycles. The van der Waals surface area contributed by atoms with E-state index >= 15 is 0 Å². The third-order valence-corrected chi connectivity index (χ3v) is 4.27. The highest BCUT2D eigenvalue weighted by atomic mass is 15.2. The van der Waals surface area contributed by atoms with E-state index in [0.717, 1.165) is 19.6 Å². The molecule has 0 bridgehead atoms. The van der Waals surface area contributed by atoms with Gasteiger partial charge in [0, 0.05) is 31.4 Å². The molecule has 2 nitrogen and oxygen atoms in total. The van der Waals surface area contributed by atoms with E-state index in [1.807, 2.05) is 0 Å². The standard InChI is InChI=1S/C19H24N2/c1-14-7-9-17(10-8-14)13-21-12-16(3)20-11-18-6-4-5-15(2)19(18)21/h4-10,16,20H,11-13H2,1-3H3. The number of nitrogens with zero attached hydrogens (tertiary/aromatic N) is 1. The molecule has 1 aliphatic rings. The fourth-order valence-electron chi connectivity index (χ4n) is 3.14. The van der Waals surface area contributed by atoms with Crippen LogP contribution in [0.5, 0.6) is 0 Å². The van der Waals surface area contributed by atoms with Crippen molar-refractivity contribution in [3.63, 3.8) is 0 Å². The minimum atomic E-state index is 0.502. The summed E-state index contributed by atoms with van der Waals surface area (Å²) in [6, 6.07) is 16.0. The lowest BCUT2D eigenvalue weighted by molar-refractivity contribution is 0.552. The van der Waals surface area contributed by atoms with Gasteiger partial charge in [-0.3, -0.25) is 0 Å². The first-order chi connectivity index (χ1) is 10.1. The molecule has 0 saturated heterocycles. The second-order valence-corrected chi connectivity index (χ2v) is 6.23. The van der Waals surface area contributed by atoms with E-state index in [1.54, 1.807) is 0 Å². The number of nitrogens with one attached hydrogen (secondary N) is 1. The van der Waals surface area contributed by atoms with Crippen LogP contribution in [0.3, 0.4) is 0 Å². The van der Waals surface area contributed by atoms with Gasteiger partial charge >= 0.3 is 0 Å². The van der Waals surface area contributed by atoms with Crippen molar-refractivity contribution in [2.24, 2.45) is 0 Å². The third-order valence-electron chi connectivity index (χ3n) is 4.27. The van der Waals surface area contributed by atoms with E-state index in [2.05, 4.69) is 73.5 Å². The van der Waals surface area contributed by atoms with Crippen LogP contribution >= 0.6 is 0 Å². The third kappa shape index (κ3) is 3.11. The molecule has 0 fully saturated rings. The van der Waals surface area contributed by atoms with Gasteiger partial charge in [0.15, 0.2) is 0 Å². The summed E-state index contributed by atoms with van der Waals surface area (Å²) in [5.74, 6) is 0. The number of aryl methyl sites for hydroxylation is 2. The van der Waals surface area contributed by atoms with E-state index in [0.29, 0.717) is 6.04 Å². The van der Waals surface area contributed by atoms with Crippen LogP contribution in [-0.4, -0.2) is 12.6 Å². The molecule has 2 heteroatoms. The smallest absolute Gasteiger partial charge is 0.0445 e. The molecule has 1 atom stereocenters. The molecule has 2 aromatic carbocycles. The van der Waals surface area contributed by atoms with Crippen molar-refractivity contribution in [2.75, 3.05) is 11.4 Å². The number of anilines is 1. The lowest BCUT2D eigenvalue weighted by atomic mass is 10.1. The van der Waals surface area contributed by atoms with Crippen molar-refractivity contribution in [1.82, 2.24) is 5.32 Å². The molecule has 1 unspecified atom stereocenters. The monoisotopic (exact) mass is 280 g/mol. The summed E-state index contributed by atoms with van der Waals surface area (Å²) in [6.45, 7) is 9.61. The quantitative estimate of drug-likeness (QED) is 0.900. The average Bonchev–Trinajstić information content (AvgIpc) is 2.62. The van der Waals surface area contributed by atoms with Gasteiger partial charge in [0.1, 0.15) is 0 Å². The Labute approximate surface area is 127 Å². The van der Waals surface area contributed by atoms with E-state index in [9.17, 15) is 0 Å². The van der Waals surface area contributed by atoms with Crippen LogP contribution in [0.15, 0.2) is 42.5 Å². The Morgan fingerprint density at radius 3 is 2.62 bits per heavy atom. The van der Waals surface area contributed by atoms with E-state index in [1.165, 1.54) is 27.9 Å². The Morgan fingerprint density at radius 1 is 1.10 bits per heavy atom. The molecule has 1 heterocycles. The number of hydrogen-bond acceptors (Lipinski definition) is 2. The SMILES string of the molecule is Cc1ccc(CN2CC(C)NCc3cccc(C)c32)cc1. The normalized spacial score (nSPS) is 18.2. The van der Waals surface area contributed by atoms with Crippen LogP contribution in [-0.2, 0) is 13.1 Å². The van der Waals surface area contributed by atoms with E-state index in [4.69, 9.17) is 0 Å². The Hall–Kier alpha value is -1.80. The number of benzene rings is 2. The Balaban J connectivity index is 1.94. The lowest BCUT2D eigenvalue weighted by Gasteiger charge is -2.28. The molecule has 1 N–H and O–H groups in total. The van der Waals surface area contributed by atoms with Crippen molar-refractivity contribution in [1.29, 1.82) is 0 Å². The molecular formula is C19H24N2. The summed E-state index contributed by atoms with van der Waals surface area (Å²) in [5, 5.41) is 3.61. The summed E-state index contributed by atoms with van der Waals surface area (Å²) in [5.41, 5.74) is 6.89. The van der Waals surface area contributed by atoms with E-state index in [-0.39, 0.29) is 0 Å². The predicted molar refractivity (Wildman–Crippen MR) is 89.7 cm³/mol.